The van der Waals surface area contributed by atoms with Gasteiger partial charge in [0.15, 0.2) is 0 Å². The first-order chi connectivity index (χ1) is 9.60. The molecule has 1 fully saturated rings. The number of aryl methyl sites for hydroxylation is 1. The number of carbonyl (C=O) groups is 1. The van der Waals surface area contributed by atoms with Crippen LogP contribution in [0.1, 0.15) is 47.7 Å². The van der Waals surface area contributed by atoms with Crippen LogP contribution in [0.5, 0.6) is 0 Å². The van der Waals surface area contributed by atoms with Gasteiger partial charge in [-0.2, -0.15) is 0 Å². The van der Waals surface area contributed by atoms with Crippen LogP contribution in [-0.4, -0.2) is 19.0 Å². The maximum Gasteiger partial charge on any atom is 0.252 e. The molecule has 3 nitrogen and oxygen atoms in total. The van der Waals surface area contributed by atoms with Crippen LogP contribution in [0.15, 0.2) is 18.2 Å². The van der Waals surface area contributed by atoms with Crippen molar-refractivity contribution in [2.75, 3.05) is 13.1 Å². The predicted molar refractivity (Wildman–Crippen MR) is 81.4 cm³/mol. The fourth-order valence-corrected chi connectivity index (χ4v) is 2.30. The van der Waals surface area contributed by atoms with Crippen molar-refractivity contribution in [1.82, 2.24) is 5.32 Å². The van der Waals surface area contributed by atoms with Crippen molar-refractivity contribution >= 4 is 5.91 Å². The molecular formula is C17H22N2O. The summed E-state index contributed by atoms with van der Waals surface area (Å²) in [5.74, 6) is 5.75. The lowest BCUT2D eigenvalue weighted by molar-refractivity contribution is 0.0944. The first-order valence-electron chi connectivity index (χ1n) is 7.18. The van der Waals surface area contributed by atoms with Crippen molar-refractivity contribution < 1.29 is 4.79 Å². The van der Waals surface area contributed by atoms with E-state index < -0.39 is 0 Å². The maximum atomic E-state index is 12.4. The topological polar surface area (TPSA) is 55.1 Å². The third kappa shape index (κ3) is 3.40. The van der Waals surface area contributed by atoms with Crippen molar-refractivity contribution in [1.29, 1.82) is 0 Å². The van der Waals surface area contributed by atoms with Crippen molar-refractivity contribution in [3.8, 4) is 11.8 Å². The van der Waals surface area contributed by atoms with Gasteiger partial charge < -0.3 is 11.1 Å². The lowest BCUT2D eigenvalue weighted by atomic mass is 10.0. The second-order valence-electron chi connectivity index (χ2n) is 5.59. The zero-order valence-corrected chi connectivity index (χ0v) is 12.3. The van der Waals surface area contributed by atoms with Crippen molar-refractivity contribution in [3.63, 3.8) is 0 Å². The zero-order valence-electron chi connectivity index (χ0n) is 12.3. The summed E-state index contributed by atoms with van der Waals surface area (Å²) in [4.78, 5) is 12.4. The highest BCUT2D eigenvalue weighted by molar-refractivity contribution is 5.97. The average Bonchev–Trinajstić information content (AvgIpc) is 3.24. The Balaban J connectivity index is 2.13. The normalized spacial score (nSPS) is 15.2. The van der Waals surface area contributed by atoms with E-state index in [1.165, 1.54) is 12.8 Å². The minimum atomic E-state index is -0.0326. The Morgan fingerprint density at radius 1 is 1.45 bits per heavy atom. The van der Waals surface area contributed by atoms with Gasteiger partial charge in [-0.25, -0.2) is 0 Å². The Morgan fingerprint density at radius 3 is 2.80 bits per heavy atom. The fourth-order valence-electron chi connectivity index (χ4n) is 2.30. The van der Waals surface area contributed by atoms with E-state index in [1.807, 2.05) is 25.1 Å². The van der Waals surface area contributed by atoms with Gasteiger partial charge in [0.2, 0.25) is 0 Å². The molecule has 0 atom stereocenters. The molecule has 0 radical (unpaired) electrons. The molecule has 1 aliphatic carbocycles. The van der Waals surface area contributed by atoms with Gasteiger partial charge in [-0.1, -0.05) is 30.4 Å². The molecule has 1 aliphatic rings. The molecule has 20 heavy (non-hydrogen) atoms. The van der Waals surface area contributed by atoms with Crippen LogP contribution in [0.25, 0.3) is 0 Å². The molecule has 106 valence electrons. The Kier molecular flexibility index (Phi) is 4.46. The quantitative estimate of drug-likeness (QED) is 0.824. The summed E-state index contributed by atoms with van der Waals surface area (Å²) in [5.41, 5.74) is 8.21. The number of nitrogens with one attached hydrogen (secondary N) is 1. The molecule has 1 amide bonds. The van der Waals surface area contributed by atoms with E-state index in [-0.39, 0.29) is 5.91 Å². The smallest absolute Gasteiger partial charge is 0.252 e. The van der Waals surface area contributed by atoms with Crippen LogP contribution in [0.3, 0.4) is 0 Å². The first-order valence-corrected chi connectivity index (χ1v) is 7.18. The van der Waals surface area contributed by atoms with E-state index in [2.05, 4.69) is 24.1 Å². The van der Waals surface area contributed by atoms with Crippen LogP contribution in [0, 0.1) is 24.2 Å². The number of benzene rings is 1. The molecule has 1 aromatic carbocycles. The minimum absolute atomic E-state index is 0.0326. The summed E-state index contributed by atoms with van der Waals surface area (Å²) in [5, 5.41) is 3.06. The molecule has 0 aliphatic heterocycles. The standard InChI is InChI=1S/C17H22N2O/c1-3-17(8-9-17)12-19-16(20)15-11-13(2)6-7-14(15)5-4-10-18/h6-7,11H,3,8-10,12,18H2,1-2H3,(H,19,20). The fraction of sp³-hybridized carbons (Fsp3) is 0.471. The molecule has 1 aromatic rings. The van der Waals surface area contributed by atoms with Gasteiger partial charge in [0, 0.05) is 12.1 Å². The molecule has 0 bridgehead atoms. The van der Waals surface area contributed by atoms with Gasteiger partial charge >= 0.3 is 0 Å². The second kappa shape index (κ2) is 6.11. The summed E-state index contributed by atoms with van der Waals surface area (Å²) in [6.07, 6.45) is 3.57. The lowest BCUT2D eigenvalue weighted by Gasteiger charge is -2.14. The monoisotopic (exact) mass is 270 g/mol. The summed E-state index contributed by atoms with van der Waals surface area (Å²) >= 11 is 0. The highest BCUT2D eigenvalue weighted by Crippen LogP contribution is 2.47. The summed E-state index contributed by atoms with van der Waals surface area (Å²) in [6.45, 7) is 5.23. The molecular weight excluding hydrogens is 248 g/mol. The van der Waals surface area contributed by atoms with Gasteiger partial charge in [-0.05, 0) is 43.7 Å². The third-order valence-electron chi connectivity index (χ3n) is 4.08. The van der Waals surface area contributed by atoms with Crippen molar-refractivity contribution in [3.05, 3.63) is 34.9 Å². The molecule has 3 heteroatoms. The van der Waals surface area contributed by atoms with Crippen LogP contribution < -0.4 is 11.1 Å². The number of nitrogens with two attached hydrogens (primary N) is 1. The largest absolute Gasteiger partial charge is 0.351 e. The Hall–Kier alpha value is -1.79. The molecule has 2 rings (SSSR count). The molecule has 0 saturated heterocycles. The number of carbonyl (C=O) groups excluding carboxylic acids is 1. The molecule has 1 saturated carbocycles. The Morgan fingerprint density at radius 2 is 2.20 bits per heavy atom. The molecule has 3 N–H and O–H groups in total. The van der Waals surface area contributed by atoms with E-state index in [0.717, 1.165) is 24.1 Å². The van der Waals surface area contributed by atoms with E-state index in [9.17, 15) is 4.79 Å². The van der Waals surface area contributed by atoms with Crippen molar-refractivity contribution in [2.45, 2.75) is 33.1 Å². The van der Waals surface area contributed by atoms with E-state index in [1.54, 1.807) is 0 Å². The predicted octanol–water partition coefficient (Wildman–Crippen LogP) is 2.23. The molecule has 0 heterocycles. The van der Waals surface area contributed by atoms with Gasteiger partial charge in [-0.3, -0.25) is 4.79 Å². The number of hydrogen-bond donors (Lipinski definition) is 2. The molecule has 0 unspecified atom stereocenters. The van der Waals surface area contributed by atoms with Crippen LogP contribution in [-0.2, 0) is 0 Å². The van der Waals surface area contributed by atoms with Crippen LogP contribution >= 0.6 is 0 Å². The van der Waals surface area contributed by atoms with Gasteiger partial charge in [-0.15, -0.1) is 0 Å². The Labute approximate surface area is 120 Å². The first kappa shape index (κ1) is 14.6. The van der Waals surface area contributed by atoms with Crippen molar-refractivity contribution in [2.24, 2.45) is 11.1 Å². The molecule has 0 aromatic heterocycles. The third-order valence-corrected chi connectivity index (χ3v) is 4.08. The van der Waals surface area contributed by atoms with E-state index >= 15 is 0 Å². The maximum absolute atomic E-state index is 12.4. The summed E-state index contributed by atoms with van der Waals surface area (Å²) in [6, 6.07) is 5.74. The van der Waals surface area contributed by atoms with Crippen LogP contribution in [0.4, 0.5) is 0 Å². The van der Waals surface area contributed by atoms with E-state index in [0.29, 0.717) is 17.5 Å². The van der Waals surface area contributed by atoms with E-state index in [4.69, 9.17) is 5.73 Å². The number of hydrogen-bond acceptors (Lipinski definition) is 2. The Bertz CT molecular complexity index is 562. The number of rotatable bonds is 4. The van der Waals surface area contributed by atoms with Gasteiger partial charge in [0.1, 0.15) is 0 Å². The van der Waals surface area contributed by atoms with Crippen LogP contribution in [0.2, 0.25) is 0 Å². The number of amides is 1. The zero-order chi connectivity index (χ0) is 14.6. The summed E-state index contributed by atoms with van der Waals surface area (Å²) in [7, 11) is 0. The highest BCUT2D eigenvalue weighted by Gasteiger charge is 2.40. The SMILES string of the molecule is CCC1(CNC(=O)c2cc(C)ccc2C#CCN)CC1. The average molecular weight is 270 g/mol. The van der Waals surface area contributed by atoms with Gasteiger partial charge in [0.25, 0.3) is 5.91 Å². The summed E-state index contributed by atoms with van der Waals surface area (Å²) < 4.78 is 0. The lowest BCUT2D eigenvalue weighted by Crippen LogP contribution is -2.30. The molecule has 0 spiro atoms. The highest BCUT2D eigenvalue weighted by atomic mass is 16.1. The minimum Gasteiger partial charge on any atom is -0.351 e. The second-order valence-corrected chi connectivity index (χ2v) is 5.59. The van der Waals surface area contributed by atoms with Gasteiger partial charge in [0.05, 0.1) is 12.1 Å².